The molecule has 0 spiro atoms. The van der Waals surface area contributed by atoms with Crippen molar-refractivity contribution in [2.75, 3.05) is 19.2 Å². The maximum atomic E-state index is 9.25. The number of benzene rings is 3. The van der Waals surface area contributed by atoms with Gasteiger partial charge in [-0.15, -0.1) is 0 Å². The molecule has 0 fully saturated rings. The number of aryl methyl sites for hydroxylation is 2. The average Bonchev–Trinajstić information content (AvgIpc) is 2.97. The Morgan fingerprint density at radius 2 is 1.49 bits per heavy atom. The lowest BCUT2D eigenvalue weighted by molar-refractivity contribution is 0.240. The van der Waals surface area contributed by atoms with Crippen LogP contribution >= 0.6 is 0 Å². The Balaban J connectivity index is 0.000000730. The standard InChI is InChI=1S/C17H26N2O3.C14H14O.2C2H6/c1-10(2)22-16-8-14(21-6)7-15(19-9-20)17(16)12(4)11(3)13(5)18;1-11-8-9-14(10-12(11)2)15-13-6-4-3-5-7-13;2*1-2/h7-8,10,19-20H,4,9,18H2,1-3,5-6H3;3-10H,1-2H3;2*1-2H3/b13-11+;;;. The Morgan fingerprint density at radius 1 is 0.878 bits per heavy atom. The van der Waals surface area contributed by atoms with Gasteiger partial charge in [0, 0.05) is 23.4 Å². The highest BCUT2D eigenvalue weighted by molar-refractivity contribution is 5.88. The van der Waals surface area contributed by atoms with E-state index in [-0.39, 0.29) is 12.8 Å². The van der Waals surface area contributed by atoms with E-state index in [0.29, 0.717) is 22.9 Å². The second-order valence-corrected chi connectivity index (χ2v) is 9.00. The van der Waals surface area contributed by atoms with Gasteiger partial charge in [-0.05, 0) is 88.1 Å². The molecule has 0 unspecified atom stereocenters. The number of rotatable bonds is 9. The number of para-hydroxylation sites is 1. The van der Waals surface area contributed by atoms with Gasteiger partial charge in [-0.25, -0.2) is 0 Å². The van der Waals surface area contributed by atoms with Crippen LogP contribution in [-0.2, 0) is 0 Å². The largest absolute Gasteiger partial charge is 0.497 e. The highest BCUT2D eigenvalue weighted by atomic mass is 16.5. The van der Waals surface area contributed by atoms with Crippen molar-refractivity contribution in [2.24, 2.45) is 5.73 Å². The van der Waals surface area contributed by atoms with Crippen molar-refractivity contribution in [3.05, 3.63) is 95.2 Å². The molecule has 0 aliphatic heterocycles. The molecule has 0 bridgehead atoms. The van der Waals surface area contributed by atoms with Crippen LogP contribution in [0.5, 0.6) is 23.0 Å². The normalized spacial score (nSPS) is 10.4. The summed E-state index contributed by atoms with van der Waals surface area (Å²) >= 11 is 0. The minimum Gasteiger partial charge on any atom is -0.497 e. The second-order valence-electron chi connectivity index (χ2n) is 9.00. The fourth-order valence-electron chi connectivity index (χ4n) is 3.42. The molecular weight excluding hydrogens is 512 g/mol. The van der Waals surface area contributed by atoms with Crippen LogP contribution in [0.4, 0.5) is 5.69 Å². The number of hydrogen-bond acceptors (Lipinski definition) is 6. The molecule has 6 heteroatoms. The summed E-state index contributed by atoms with van der Waals surface area (Å²) < 4.78 is 16.9. The number of hydrogen-bond donors (Lipinski definition) is 3. The van der Waals surface area contributed by atoms with Crippen molar-refractivity contribution in [3.63, 3.8) is 0 Å². The number of methoxy groups -OCH3 is 1. The molecule has 0 radical (unpaired) electrons. The molecule has 3 aromatic carbocycles. The molecular formula is C35H52N2O4. The Morgan fingerprint density at radius 3 is 1.98 bits per heavy atom. The molecule has 0 saturated heterocycles. The van der Waals surface area contributed by atoms with Crippen LogP contribution in [0.1, 0.15) is 72.1 Å². The fraction of sp³-hybridized carbons (Fsp3) is 0.371. The second kappa shape index (κ2) is 20.0. The maximum Gasteiger partial charge on any atom is 0.133 e. The van der Waals surface area contributed by atoms with Crippen molar-refractivity contribution in [2.45, 2.75) is 75.3 Å². The first-order valence-corrected chi connectivity index (χ1v) is 14.2. The lowest BCUT2D eigenvalue weighted by Crippen LogP contribution is -2.11. The summed E-state index contributed by atoms with van der Waals surface area (Å²) in [5, 5.41) is 12.2. The Hall–Kier alpha value is -3.90. The quantitative estimate of drug-likeness (QED) is 0.177. The van der Waals surface area contributed by atoms with Gasteiger partial charge in [0.1, 0.15) is 29.7 Å². The van der Waals surface area contributed by atoms with Crippen molar-refractivity contribution in [3.8, 4) is 23.0 Å². The first-order chi connectivity index (χ1) is 19.6. The highest BCUT2D eigenvalue weighted by Crippen LogP contribution is 2.40. The van der Waals surface area contributed by atoms with E-state index in [0.717, 1.165) is 28.2 Å². The lowest BCUT2D eigenvalue weighted by Gasteiger charge is -2.21. The van der Waals surface area contributed by atoms with Crippen LogP contribution in [0, 0.1) is 13.8 Å². The van der Waals surface area contributed by atoms with Crippen LogP contribution in [0.2, 0.25) is 0 Å². The maximum absolute atomic E-state index is 9.25. The first-order valence-electron chi connectivity index (χ1n) is 14.2. The number of allylic oxidation sites excluding steroid dienone is 3. The van der Waals surface area contributed by atoms with Gasteiger partial charge in [0.05, 0.1) is 18.9 Å². The van der Waals surface area contributed by atoms with Crippen LogP contribution < -0.4 is 25.3 Å². The van der Waals surface area contributed by atoms with Gasteiger partial charge in [-0.1, -0.05) is 58.5 Å². The predicted octanol–water partition coefficient (Wildman–Crippen LogP) is 9.26. The zero-order valence-electron chi connectivity index (χ0n) is 27.0. The van der Waals surface area contributed by atoms with Crippen molar-refractivity contribution < 1.29 is 19.3 Å². The van der Waals surface area contributed by atoms with E-state index in [1.807, 2.05) is 97.9 Å². The molecule has 0 aliphatic rings. The molecule has 0 heterocycles. The zero-order chi connectivity index (χ0) is 31.5. The minimum absolute atomic E-state index is 0.0103. The summed E-state index contributed by atoms with van der Waals surface area (Å²) in [7, 11) is 1.58. The summed E-state index contributed by atoms with van der Waals surface area (Å²) in [5.74, 6) is 3.04. The Bertz CT molecular complexity index is 1210. The molecule has 0 saturated carbocycles. The Kier molecular flexibility index (Phi) is 18.1. The van der Waals surface area contributed by atoms with Crippen molar-refractivity contribution >= 4 is 11.3 Å². The molecule has 0 amide bonds. The number of anilines is 1. The summed E-state index contributed by atoms with van der Waals surface area (Å²) in [6, 6.07) is 19.6. The van der Waals surface area contributed by atoms with Crippen molar-refractivity contribution in [1.29, 1.82) is 0 Å². The molecule has 0 aromatic heterocycles. The van der Waals surface area contributed by atoms with Gasteiger partial charge >= 0.3 is 0 Å². The van der Waals surface area contributed by atoms with E-state index in [4.69, 9.17) is 19.9 Å². The highest BCUT2D eigenvalue weighted by Gasteiger charge is 2.18. The van der Waals surface area contributed by atoms with E-state index < -0.39 is 0 Å². The van der Waals surface area contributed by atoms with E-state index in [1.165, 1.54) is 11.1 Å². The SMILES string of the molecule is C=C(/C(C)=C(\C)N)c1c(NCO)cc(OC)cc1OC(C)C.CC.CC.Cc1ccc(Oc2ccccc2)cc1C. The number of ether oxygens (including phenoxy) is 3. The third-order valence-electron chi connectivity index (χ3n) is 5.75. The predicted molar refractivity (Wildman–Crippen MR) is 176 cm³/mol. The molecule has 0 aliphatic carbocycles. The first kappa shape index (κ1) is 37.1. The van der Waals surface area contributed by atoms with Gasteiger partial charge in [0.2, 0.25) is 0 Å². The van der Waals surface area contributed by atoms with E-state index >= 15 is 0 Å². The van der Waals surface area contributed by atoms with Gasteiger partial charge in [-0.3, -0.25) is 0 Å². The summed E-state index contributed by atoms with van der Waals surface area (Å²) in [6.45, 7) is 23.7. The average molecular weight is 565 g/mol. The zero-order valence-corrected chi connectivity index (χ0v) is 27.0. The van der Waals surface area contributed by atoms with Crippen LogP contribution in [0.25, 0.3) is 5.57 Å². The third-order valence-corrected chi connectivity index (χ3v) is 5.75. The number of nitrogens with two attached hydrogens (primary N) is 1. The summed E-state index contributed by atoms with van der Waals surface area (Å²) in [4.78, 5) is 0. The van der Waals surface area contributed by atoms with Crippen LogP contribution in [-0.4, -0.2) is 25.1 Å². The third kappa shape index (κ3) is 12.4. The van der Waals surface area contributed by atoms with Gasteiger partial charge in [-0.2, -0.15) is 0 Å². The summed E-state index contributed by atoms with van der Waals surface area (Å²) in [6.07, 6.45) is -0.0103. The van der Waals surface area contributed by atoms with E-state index in [9.17, 15) is 5.11 Å². The number of aliphatic hydroxyl groups excluding tert-OH is 1. The van der Waals surface area contributed by atoms with Crippen molar-refractivity contribution in [1.82, 2.24) is 0 Å². The molecule has 3 rings (SSSR count). The summed E-state index contributed by atoms with van der Waals surface area (Å²) in [5.41, 5.74) is 12.2. The van der Waals surface area contributed by atoms with Crippen LogP contribution in [0.3, 0.4) is 0 Å². The van der Waals surface area contributed by atoms with Gasteiger partial charge < -0.3 is 30.4 Å². The smallest absolute Gasteiger partial charge is 0.133 e. The van der Waals surface area contributed by atoms with Crippen LogP contribution in [0.15, 0.2) is 78.5 Å². The number of nitrogens with one attached hydrogen (secondary N) is 1. The molecule has 6 nitrogen and oxygen atoms in total. The number of aliphatic hydroxyl groups is 1. The van der Waals surface area contributed by atoms with Gasteiger partial charge in [0.15, 0.2) is 0 Å². The topological polar surface area (TPSA) is 86.0 Å². The van der Waals surface area contributed by atoms with E-state index in [2.05, 4.69) is 37.9 Å². The molecule has 41 heavy (non-hydrogen) atoms. The molecule has 3 aromatic rings. The van der Waals surface area contributed by atoms with Gasteiger partial charge in [0.25, 0.3) is 0 Å². The molecule has 226 valence electrons. The molecule has 4 N–H and O–H groups in total. The van der Waals surface area contributed by atoms with E-state index in [1.54, 1.807) is 13.2 Å². The minimum atomic E-state index is -0.209. The fourth-order valence-corrected chi connectivity index (χ4v) is 3.42. The Labute approximate surface area is 248 Å². The molecule has 0 atom stereocenters. The monoisotopic (exact) mass is 564 g/mol. The lowest BCUT2D eigenvalue weighted by atomic mass is 9.96.